The number of Topliss-reactive ketones (excluding diaryl/α,β-unsaturated/α-hetero) is 1. The number of hydrogen-bond acceptors (Lipinski definition) is 5. The maximum Gasteiger partial charge on any atom is 0.332 e. The number of nitriles is 1. The lowest BCUT2D eigenvalue weighted by molar-refractivity contribution is -0.113. The molecule has 3 rings (SSSR count). The Bertz CT molecular complexity index is 1110. The van der Waals surface area contributed by atoms with E-state index in [0.717, 1.165) is 4.57 Å². The van der Waals surface area contributed by atoms with Crippen molar-refractivity contribution in [1.29, 1.82) is 5.26 Å². The third-order valence-corrected chi connectivity index (χ3v) is 4.74. The van der Waals surface area contributed by atoms with Gasteiger partial charge >= 0.3 is 5.69 Å². The van der Waals surface area contributed by atoms with Gasteiger partial charge in [0.1, 0.15) is 5.82 Å². The Morgan fingerprint density at radius 3 is 2.31 bits per heavy atom. The Kier molecular flexibility index (Phi) is 4.12. The van der Waals surface area contributed by atoms with Crippen LogP contribution in [0, 0.1) is 11.3 Å². The zero-order valence-corrected chi connectivity index (χ0v) is 15.0. The molecule has 0 spiro atoms. The smallest absolute Gasteiger partial charge is 0.332 e. The van der Waals surface area contributed by atoms with Crippen molar-refractivity contribution in [3.63, 3.8) is 0 Å². The maximum atomic E-state index is 12.9. The van der Waals surface area contributed by atoms with Gasteiger partial charge in [0.05, 0.1) is 17.2 Å². The summed E-state index contributed by atoms with van der Waals surface area (Å²) in [6.45, 7) is 3.20. The molecule has 132 valence electrons. The van der Waals surface area contributed by atoms with Crippen LogP contribution in [-0.4, -0.2) is 14.9 Å². The number of allylic oxidation sites excluding steroid dienone is 2. The fraction of sp³-hybridized carbons (Fsp3) is 0.263. The van der Waals surface area contributed by atoms with Crippen molar-refractivity contribution in [2.75, 3.05) is 5.32 Å². The highest BCUT2D eigenvalue weighted by Gasteiger charge is 2.35. The van der Waals surface area contributed by atoms with Crippen LogP contribution in [0.2, 0.25) is 0 Å². The van der Waals surface area contributed by atoms with Crippen molar-refractivity contribution in [2.45, 2.75) is 19.8 Å². The number of nitrogens with one attached hydrogen (secondary N) is 1. The number of aromatic nitrogens is 2. The first-order valence-corrected chi connectivity index (χ1v) is 8.06. The second-order valence-electron chi connectivity index (χ2n) is 6.35. The summed E-state index contributed by atoms with van der Waals surface area (Å²) < 4.78 is 2.41. The van der Waals surface area contributed by atoms with E-state index in [4.69, 9.17) is 5.26 Å². The number of nitrogens with zero attached hydrogens (tertiary/aromatic N) is 3. The molecular weight excluding hydrogens is 332 g/mol. The molecule has 1 N–H and O–H groups in total. The summed E-state index contributed by atoms with van der Waals surface area (Å²) in [6, 6.07) is 8.82. The van der Waals surface area contributed by atoms with Crippen molar-refractivity contribution in [3.05, 3.63) is 73.1 Å². The number of benzene rings is 1. The highest BCUT2D eigenvalue weighted by atomic mass is 16.2. The predicted molar refractivity (Wildman–Crippen MR) is 96.9 cm³/mol. The lowest BCUT2D eigenvalue weighted by Gasteiger charge is -2.30. The van der Waals surface area contributed by atoms with Gasteiger partial charge in [-0.2, -0.15) is 5.26 Å². The fourth-order valence-electron chi connectivity index (χ4n) is 3.44. The Labute approximate surface area is 149 Å². The van der Waals surface area contributed by atoms with Gasteiger partial charge in [0, 0.05) is 31.3 Å². The molecule has 0 radical (unpaired) electrons. The van der Waals surface area contributed by atoms with Gasteiger partial charge in [0.15, 0.2) is 5.78 Å². The molecule has 26 heavy (non-hydrogen) atoms. The van der Waals surface area contributed by atoms with Gasteiger partial charge in [-0.15, -0.1) is 0 Å². The molecule has 0 saturated carbocycles. The van der Waals surface area contributed by atoms with Crippen molar-refractivity contribution >= 4 is 11.6 Å². The molecule has 1 aliphatic rings. The molecule has 0 bridgehead atoms. The van der Waals surface area contributed by atoms with Crippen molar-refractivity contribution in [1.82, 2.24) is 9.13 Å². The van der Waals surface area contributed by atoms with E-state index in [-0.39, 0.29) is 5.78 Å². The molecule has 1 aliphatic heterocycles. The van der Waals surface area contributed by atoms with E-state index in [9.17, 15) is 14.4 Å². The first kappa shape index (κ1) is 17.4. The second kappa shape index (κ2) is 6.15. The molecule has 1 aromatic carbocycles. The fourth-order valence-corrected chi connectivity index (χ4v) is 3.44. The summed E-state index contributed by atoms with van der Waals surface area (Å²) in [5.74, 6) is -0.386. The molecule has 0 aliphatic carbocycles. The van der Waals surface area contributed by atoms with Gasteiger partial charge in [-0.05, 0) is 31.5 Å². The van der Waals surface area contributed by atoms with Gasteiger partial charge < -0.3 is 5.32 Å². The van der Waals surface area contributed by atoms with E-state index in [1.165, 1.54) is 18.5 Å². The number of ketones is 1. The zero-order valence-electron chi connectivity index (χ0n) is 15.0. The van der Waals surface area contributed by atoms with Crippen LogP contribution in [0.5, 0.6) is 0 Å². The normalized spacial score (nSPS) is 15.9. The molecular formula is C19H18N4O3. The number of carbonyl (C=O) groups excluding carboxylic acids is 1. The molecule has 7 heteroatoms. The molecule has 0 amide bonds. The summed E-state index contributed by atoms with van der Waals surface area (Å²) >= 11 is 0. The van der Waals surface area contributed by atoms with Gasteiger partial charge in [-0.3, -0.25) is 18.7 Å². The topological polar surface area (TPSA) is 96.9 Å². The summed E-state index contributed by atoms with van der Waals surface area (Å²) in [4.78, 5) is 37.5. The molecule has 1 atom stereocenters. The quantitative estimate of drug-likeness (QED) is 0.882. The van der Waals surface area contributed by atoms with E-state index < -0.39 is 17.2 Å². The lowest BCUT2D eigenvalue weighted by atomic mass is 9.80. The number of hydrogen-bond donors (Lipinski definition) is 1. The molecule has 2 heterocycles. The van der Waals surface area contributed by atoms with Crippen LogP contribution in [0.25, 0.3) is 0 Å². The highest BCUT2D eigenvalue weighted by Crippen LogP contribution is 2.39. The van der Waals surface area contributed by atoms with E-state index in [0.29, 0.717) is 33.8 Å². The van der Waals surface area contributed by atoms with Crippen LogP contribution in [0.1, 0.15) is 36.5 Å². The monoisotopic (exact) mass is 350 g/mol. The SMILES string of the molecule is CC(=O)C1=C(C)Nc2c(c(=O)n(C)c(=O)n2C)[C@H]1c1ccc(C#N)cc1. The minimum Gasteiger partial charge on any atom is -0.344 e. The summed E-state index contributed by atoms with van der Waals surface area (Å²) in [5.41, 5.74) is 1.72. The van der Waals surface area contributed by atoms with Crippen LogP contribution < -0.4 is 16.6 Å². The molecule has 7 nitrogen and oxygen atoms in total. The minimum absolute atomic E-state index is 0.161. The molecule has 1 aromatic heterocycles. The first-order valence-electron chi connectivity index (χ1n) is 8.06. The summed E-state index contributed by atoms with van der Waals surface area (Å²) in [6.07, 6.45) is 0. The molecule has 2 aromatic rings. The van der Waals surface area contributed by atoms with Crippen molar-refractivity contribution < 1.29 is 4.79 Å². The Balaban J connectivity index is 2.40. The van der Waals surface area contributed by atoms with E-state index in [1.807, 2.05) is 0 Å². The summed E-state index contributed by atoms with van der Waals surface area (Å²) in [5, 5.41) is 12.1. The van der Waals surface area contributed by atoms with Crippen LogP contribution >= 0.6 is 0 Å². The number of rotatable bonds is 2. The van der Waals surface area contributed by atoms with Crippen LogP contribution in [-0.2, 0) is 18.9 Å². The van der Waals surface area contributed by atoms with Gasteiger partial charge in [-0.25, -0.2) is 4.79 Å². The molecule has 0 fully saturated rings. The van der Waals surface area contributed by atoms with Crippen LogP contribution in [0.15, 0.2) is 45.1 Å². The third-order valence-electron chi connectivity index (χ3n) is 4.74. The molecule has 0 unspecified atom stereocenters. The van der Waals surface area contributed by atoms with Gasteiger partial charge in [0.25, 0.3) is 5.56 Å². The number of anilines is 1. The number of fused-ring (bicyclic) bond motifs is 1. The third kappa shape index (κ3) is 2.47. The predicted octanol–water partition coefficient (Wildman–Crippen LogP) is 1.38. The van der Waals surface area contributed by atoms with Crippen molar-refractivity contribution in [3.8, 4) is 6.07 Å². The van der Waals surface area contributed by atoms with E-state index >= 15 is 0 Å². The Morgan fingerprint density at radius 2 is 1.77 bits per heavy atom. The maximum absolute atomic E-state index is 12.9. The Hall–Kier alpha value is -3.40. The van der Waals surface area contributed by atoms with E-state index in [1.54, 1.807) is 38.2 Å². The average Bonchev–Trinajstić information content (AvgIpc) is 2.63. The highest BCUT2D eigenvalue weighted by molar-refractivity contribution is 5.98. The average molecular weight is 350 g/mol. The second-order valence-corrected chi connectivity index (χ2v) is 6.35. The first-order chi connectivity index (χ1) is 12.3. The van der Waals surface area contributed by atoms with E-state index in [2.05, 4.69) is 11.4 Å². The zero-order chi connectivity index (χ0) is 19.2. The van der Waals surface area contributed by atoms with Crippen LogP contribution in [0.3, 0.4) is 0 Å². The number of carbonyl (C=O) groups is 1. The standard InChI is InChI=1S/C19H18N4O3/c1-10-14(11(2)24)15(13-7-5-12(9-20)6-8-13)16-17(21-10)22(3)19(26)23(4)18(16)25/h5-8,15,21H,1-4H3/t15-/m0/s1. The van der Waals surface area contributed by atoms with Gasteiger partial charge in [-0.1, -0.05) is 12.1 Å². The van der Waals surface area contributed by atoms with Gasteiger partial charge in [0.2, 0.25) is 0 Å². The minimum atomic E-state index is -0.609. The lowest BCUT2D eigenvalue weighted by Crippen LogP contribution is -2.43. The molecule has 0 saturated heterocycles. The van der Waals surface area contributed by atoms with Crippen molar-refractivity contribution in [2.24, 2.45) is 14.1 Å². The van der Waals surface area contributed by atoms with Crippen LogP contribution in [0.4, 0.5) is 5.82 Å². The Morgan fingerprint density at radius 1 is 1.15 bits per heavy atom. The largest absolute Gasteiger partial charge is 0.344 e. The summed E-state index contributed by atoms with van der Waals surface area (Å²) in [7, 11) is 2.99.